The van der Waals surface area contributed by atoms with E-state index in [4.69, 9.17) is 0 Å². The van der Waals surface area contributed by atoms with Gasteiger partial charge in [0.1, 0.15) is 0 Å². The van der Waals surface area contributed by atoms with Crippen LogP contribution in [0.5, 0.6) is 0 Å². The number of fused-ring (bicyclic) bond motifs is 10. The van der Waals surface area contributed by atoms with Crippen LogP contribution in [0.2, 0.25) is 0 Å². The van der Waals surface area contributed by atoms with Crippen LogP contribution in [0.4, 0.5) is 17.1 Å². The highest BCUT2D eigenvalue weighted by molar-refractivity contribution is 6.06. The fourth-order valence-electron chi connectivity index (χ4n) is 9.35. The Balaban J connectivity index is 1.28. The molecule has 1 nitrogen and oxygen atoms in total. The summed E-state index contributed by atoms with van der Waals surface area (Å²) in [6, 6.07) is 69.6. The zero-order chi connectivity index (χ0) is 34.2. The molecular weight excluding hydrogens is 615 g/mol. The summed E-state index contributed by atoms with van der Waals surface area (Å²) in [6.07, 6.45) is 0. The molecule has 8 aromatic rings. The Kier molecular flexibility index (Phi) is 6.51. The van der Waals surface area contributed by atoms with Crippen molar-refractivity contribution < 1.29 is 0 Å². The molecule has 51 heavy (non-hydrogen) atoms. The van der Waals surface area contributed by atoms with Crippen LogP contribution < -0.4 is 4.90 Å². The average molecular weight is 652 g/mol. The van der Waals surface area contributed by atoms with Crippen molar-refractivity contribution in [3.63, 3.8) is 0 Å². The fourth-order valence-corrected chi connectivity index (χ4v) is 9.35. The first kappa shape index (κ1) is 29.7. The van der Waals surface area contributed by atoms with Gasteiger partial charge >= 0.3 is 0 Å². The fraction of sp³-hybridized carbons (Fsp3) is 0.0800. The maximum atomic E-state index is 2.48. The molecule has 0 aromatic heterocycles. The second-order valence-electron chi connectivity index (χ2n) is 14.5. The van der Waals surface area contributed by atoms with Crippen molar-refractivity contribution in [2.45, 2.75) is 24.7 Å². The molecule has 1 spiro atoms. The second-order valence-corrected chi connectivity index (χ2v) is 14.5. The van der Waals surface area contributed by atoms with Crippen LogP contribution >= 0.6 is 0 Å². The standard InChI is InChI=1S/C50H37N/c1-49(2)43-25-13-15-27-45(43)50(46-28-16-14-26-44(46)49)41-24-12-11-23-39(41)40-33-35(29-31-42(40)50)48-38-22-10-9-17-34(38)30-32-47(48)51(36-18-5-3-6-19-36)37-20-7-4-8-21-37/h3-33H,1-2H3. The average Bonchev–Trinajstić information content (AvgIpc) is 3.48. The van der Waals surface area contributed by atoms with Crippen molar-refractivity contribution in [2.24, 2.45) is 0 Å². The number of rotatable bonds is 4. The van der Waals surface area contributed by atoms with E-state index in [1.165, 1.54) is 66.4 Å². The lowest BCUT2D eigenvalue weighted by Gasteiger charge is -2.46. The van der Waals surface area contributed by atoms with Crippen molar-refractivity contribution in [3.8, 4) is 22.3 Å². The molecule has 0 amide bonds. The van der Waals surface area contributed by atoms with E-state index in [0.717, 1.165) is 17.1 Å². The largest absolute Gasteiger partial charge is 0.310 e. The Labute approximate surface area is 300 Å². The molecule has 0 unspecified atom stereocenters. The normalized spacial score (nSPS) is 14.4. The highest BCUT2D eigenvalue weighted by atomic mass is 15.1. The molecule has 0 fully saturated rings. The van der Waals surface area contributed by atoms with E-state index < -0.39 is 5.41 Å². The van der Waals surface area contributed by atoms with Gasteiger partial charge in [0.15, 0.2) is 0 Å². The third-order valence-electron chi connectivity index (χ3n) is 11.5. The SMILES string of the molecule is CC1(C)c2ccccc2C2(c3ccccc3-c3cc(-c4c(N(c5ccccc5)c5ccccc5)ccc5ccccc45)ccc32)c2ccccc21. The highest BCUT2D eigenvalue weighted by Gasteiger charge is 2.53. The van der Waals surface area contributed by atoms with Gasteiger partial charge in [-0.25, -0.2) is 0 Å². The van der Waals surface area contributed by atoms with E-state index in [9.17, 15) is 0 Å². The molecule has 10 rings (SSSR count). The second kappa shape index (κ2) is 11.2. The minimum atomic E-state index is -0.408. The van der Waals surface area contributed by atoms with Gasteiger partial charge in [0.2, 0.25) is 0 Å². The predicted molar refractivity (Wildman–Crippen MR) is 213 cm³/mol. The molecule has 0 N–H and O–H groups in total. The maximum absolute atomic E-state index is 2.48. The zero-order valence-corrected chi connectivity index (χ0v) is 28.8. The summed E-state index contributed by atoms with van der Waals surface area (Å²) in [6.45, 7) is 4.77. The third-order valence-corrected chi connectivity index (χ3v) is 11.5. The van der Waals surface area contributed by atoms with E-state index in [2.05, 4.69) is 207 Å². The van der Waals surface area contributed by atoms with Crippen LogP contribution in [0.15, 0.2) is 188 Å². The minimum Gasteiger partial charge on any atom is -0.310 e. The van der Waals surface area contributed by atoms with Crippen molar-refractivity contribution in [1.82, 2.24) is 0 Å². The summed E-state index contributed by atoms with van der Waals surface area (Å²) in [4.78, 5) is 2.40. The molecule has 2 aliphatic carbocycles. The molecule has 0 bridgehead atoms. The molecule has 0 aliphatic heterocycles. The van der Waals surface area contributed by atoms with E-state index in [-0.39, 0.29) is 5.41 Å². The number of hydrogen-bond acceptors (Lipinski definition) is 1. The van der Waals surface area contributed by atoms with Crippen LogP contribution in [-0.4, -0.2) is 0 Å². The van der Waals surface area contributed by atoms with Crippen molar-refractivity contribution in [2.75, 3.05) is 4.90 Å². The first-order valence-corrected chi connectivity index (χ1v) is 18.0. The number of anilines is 3. The van der Waals surface area contributed by atoms with Gasteiger partial charge in [-0.2, -0.15) is 0 Å². The lowest BCUT2D eigenvalue weighted by molar-refractivity contribution is 0.563. The number of para-hydroxylation sites is 2. The first-order chi connectivity index (χ1) is 25.1. The molecule has 242 valence electrons. The topological polar surface area (TPSA) is 3.24 Å². The quantitative estimate of drug-likeness (QED) is 0.183. The molecular formula is C50H37N. The van der Waals surface area contributed by atoms with Crippen LogP contribution in [0.1, 0.15) is 47.2 Å². The smallest absolute Gasteiger partial charge is 0.0719 e. The van der Waals surface area contributed by atoms with E-state index in [0.29, 0.717) is 0 Å². The number of nitrogens with zero attached hydrogens (tertiary/aromatic N) is 1. The van der Waals surface area contributed by atoms with E-state index >= 15 is 0 Å². The summed E-state index contributed by atoms with van der Waals surface area (Å²) in [5.41, 5.74) is 16.2. The van der Waals surface area contributed by atoms with Crippen molar-refractivity contribution in [1.29, 1.82) is 0 Å². The van der Waals surface area contributed by atoms with E-state index in [1.54, 1.807) is 0 Å². The Morgan fingerprint density at radius 2 is 0.902 bits per heavy atom. The lowest BCUT2D eigenvalue weighted by Crippen LogP contribution is -2.40. The van der Waals surface area contributed by atoms with Gasteiger partial charge in [0.05, 0.1) is 11.1 Å². The summed E-state index contributed by atoms with van der Waals surface area (Å²) in [7, 11) is 0. The van der Waals surface area contributed by atoms with Crippen LogP contribution in [0, 0.1) is 0 Å². The highest BCUT2D eigenvalue weighted by Crippen LogP contribution is 2.62. The van der Waals surface area contributed by atoms with Crippen LogP contribution in [0.25, 0.3) is 33.0 Å². The van der Waals surface area contributed by atoms with E-state index in [1.807, 2.05) is 0 Å². The molecule has 8 aromatic carbocycles. The molecule has 2 aliphatic rings. The summed E-state index contributed by atoms with van der Waals surface area (Å²) in [5, 5.41) is 2.47. The lowest BCUT2D eigenvalue weighted by atomic mass is 9.55. The third kappa shape index (κ3) is 4.15. The van der Waals surface area contributed by atoms with Gasteiger partial charge < -0.3 is 4.90 Å². The first-order valence-electron chi connectivity index (χ1n) is 18.0. The van der Waals surface area contributed by atoms with Gasteiger partial charge in [-0.1, -0.05) is 166 Å². The Bertz CT molecular complexity index is 2530. The molecule has 0 heterocycles. The molecule has 0 saturated carbocycles. The molecule has 0 saturated heterocycles. The van der Waals surface area contributed by atoms with Gasteiger partial charge in [0, 0.05) is 22.4 Å². The zero-order valence-electron chi connectivity index (χ0n) is 28.8. The monoisotopic (exact) mass is 651 g/mol. The Morgan fingerprint density at radius 3 is 1.55 bits per heavy atom. The van der Waals surface area contributed by atoms with Gasteiger partial charge in [0.25, 0.3) is 0 Å². The summed E-state index contributed by atoms with van der Waals surface area (Å²) >= 11 is 0. The minimum absolute atomic E-state index is 0.119. The molecule has 0 atom stereocenters. The van der Waals surface area contributed by atoms with Crippen LogP contribution in [0.3, 0.4) is 0 Å². The van der Waals surface area contributed by atoms with Gasteiger partial charge in [-0.15, -0.1) is 0 Å². The van der Waals surface area contributed by atoms with Gasteiger partial charge in [-0.3, -0.25) is 0 Å². The number of benzene rings is 8. The van der Waals surface area contributed by atoms with Crippen molar-refractivity contribution in [3.05, 3.63) is 221 Å². The predicted octanol–water partition coefficient (Wildman–Crippen LogP) is 13.0. The Hall–Kier alpha value is -6.18. The van der Waals surface area contributed by atoms with Gasteiger partial charge in [-0.05, 0) is 97.2 Å². The van der Waals surface area contributed by atoms with Crippen LogP contribution in [-0.2, 0) is 10.8 Å². The molecule has 0 radical (unpaired) electrons. The number of hydrogen-bond donors (Lipinski definition) is 0. The summed E-state index contributed by atoms with van der Waals surface area (Å²) in [5.74, 6) is 0. The summed E-state index contributed by atoms with van der Waals surface area (Å²) < 4.78 is 0. The molecule has 1 heteroatoms. The maximum Gasteiger partial charge on any atom is 0.0719 e. The van der Waals surface area contributed by atoms with Crippen molar-refractivity contribution >= 4 is 27.8 Å². The Morgan fingerprint density at radius 1 is 0.392 bits per heavy atom.